The van der Waals surface area contributed by atoms with Crippen molar-refractivity contribution >= 4 is 17.4 Å². The van der Waals surface area contributed by atoms with Crippen LogP contribution in [0.25, 0.3) is 5.57 Å². The highest BCUT2D eigenvalue weighted by atomic mass is 16.2. The van der Waals surface area contributed by atoms with E-state index in [1.54, 1.807) is 6.08 Å². The number of fused-ring (bicyclic) bond motifs is 1. The van der Waals surface area contributed by atoms with E-state index in [2.05, 4.69) is 23.6 Å². The number of rotatable bonds is 4. The lowest BCUT2D eigenvalue weighted by molar-refractivity contribution is -0.136. The van der Waals surface area contributed by atoms with Gasteiger partial charge in [-0.25, -0.2) is 0 Å². The lowest BCUT2D eigenvalue weighted by atomic mass is 9.97. The first-order valence-corrected chi connectivity index (χ1v) is 9.20. The van der Waals surface area contributed by atoms with E-state index in [9.17, 15) is 9.59 Å². The van der Waals surface area contributed by atoms with Crippen molar-refractivity contribution in [3.05, 3.63) is 89.1 Å². The van der Waals surface area contributed by atoms with Gasteiger partial charge in [0.1, 0.15) is 5.70 Å². The van der Waals surface area contributed by atoms with Crippen LogP contribution in [0.3, 0.4) is 0 Å². The molecule has 0 aliphatic carbocycles. The fourth-order valence-electron chi connectivity index (χ4n) is 3.82. The first kappa shape index (κ1) is 17.3. The molecule has 136 valence electrons. The second kappa shape index (κ2) is 6.88. The Hall–Kier alpha value is -3.14. The maximum atomic E-state index is 13.1. The molecule has 2 heterocycles. The van der Waals surface area contributed by atoms with E-state index in [1.165, 1.54) is 16.0 Å². The summed E-state index contributed by atoms with van der Waals surface area (Å²) in [6.07, 6.45) is 2.46. The third kappa shape index (κ3) is 2.97. The largest absolute Gasteiger partial charge is 0.362 e. The number of carbonyl (C=O) groups is 2. The number of hydrogen-bond donors (Lipinski definition) is 0. The van der Waals surface area contributed by atoms with Gasteiger partial charge >= 0.3 is 0 Å². The maximum absolute atomic E-state index is 13.1. The second-order valence-corrected chi connectivity index (χ2v) is 7.04. The van der Waals surface area contributed by atoms with Gasteiger partial charge in [0.2, 0.25) is 0 Å². The number of benzene rings is 2. The molecule has 0 radical (unpaired) electrons. The van der Waals surface area contributed by atoms with Gasteiger partial charge < -0.3 is 4.90 Å². The van der Waals surface area contributed by atoms with Gasteiger partial charge in [-0.15, -0.1) is 6.58 Å². The Morgan fingerprint density at radius 2 is 1.70 bits per heavy atom. The van der Waals surface area contributed by atoms with E-state index < -0.39 is 0 Å². The molecule has 0 atom stereocenters. The Bertz CT molecular complexity index is 957. The summed E-state index contributed by atoms with van der Waals surface area (Å²) in [5, 5.41) is 0. The number of aryl methyl sites for hydroxylation is 1. The van der Waals surface area contributed by atoms with Crippen LogP contribution < -0.4 is 0 Å². The molecule has 27 heavy (non-hydrogen) atoms. The molecule has 0 spiro atoms. The van der Waals surface area contributed by atoms with E-state index >= 15 is 0 Å². The molecule has 2 aliphatic heterocycles. The SMILES string of the molecule is C=CCN1C(=O)C(c2ccc(C)cc2)=C(N2CCc3ccccc3C2)C1=O. The van der Waals surface area contributed by atoms with Crippen LogP contribution in [0.4, 0.5) is 0 Å². The Morgan fingerprint density at radius 3 is 2.41 bits per heavy atom. The average molecular weight is 358 g/mol. The number of imide groups is 1. The van der Waals surface area contributed by atoms with Crippen LogP contribution in [0, 0.1) is 6.92 Å². The van der Waals surface area contributed by atoms with Crippen LogP contribution in [0.5, 0.6) is 0 Å². The topological polar surface area (TPSA) is 40.6 Å². The zero-order valence-corrected chi connectivity index (χ0v) is 15.4. The molecule has 0 fully saturated rings. The Kier molecular flexibility index (Phi) is 4.40. The van der Waals surface area contributed by atoms with Crippen molar-refractivity contribution in [3.8, 4) is 0 Å². The van der Waals surface area contributed by atoms with Gasteiger partial charge in [0.25, 0.3) is 11.8 Å². The van der Waals surface area contributed by atoms with E-state index in [4.69, 9.17) is 0 Å². The van der Waals surface area contributed by atoms with Gasteiger partial charge in [0.05, 0.1) is 5.57 Å². The third-order valence-corrected chi connectivity index (χ3v) is 5.24. The minimum absolute atomic E-state index is 0.223. The summed E-state index contributed by atoms with van der Waals surface area (Å²) in [7, 11) is 0. The molecule has 4 heteroatoms. The summed E-state index contributed by atoms with van der Waals surface area (Å²) >= 11 is 0. The van der Waals surface area contributed by atoms with Crippen molar-refractivity contribution < 1.29 is 9.59 Å². The molecule has 2 amide bonds. The molecule has 2 aliphatic rings. The van der Waals surface area contributed by atoms with E-state index in [1.807, 2.05) is 43.3 Å². The molecule has 0 unspecified atom stereocenters. The zero-order valence-electron chi connectivity index (χ0n) is 15.4. The predicted molar refractivity (Wildman–Crippen MR) is 106 cm³/mol. The van der Waals surface area contributed by atoms with Gasteiger partial charge in [-0.3, -0.25) is 14.5 Å². The minimum Gasteiger partial charge on any atom is -0.362 e. The standard InChI is InChI=1S/C23H22N2O2/c1-3-13-25-22(26)20(18-10-8-16(2)9-11-18)21(23(25)27)24-14-12-17-6-4-5-7-19(17)15-24/h3-11H,1,12-15H2,2H3. The number of carbonyl (C=O) groups excluding carboxylic acids is 2. The van der Waals surface area contributed by atoms with Crippen LogP contribution >= 0.6 is 0 Å². The first-order chi connectivity index (χ1) is 13.1. The van der Waals surface area contributed by atoms with Gasteiger partial charge in [-0.1, -0.05) is 60.2 Å². The molecular weight excluding hydrogens is 336 g/mol. The van der Waals surface area contributed by atoms with Crippen LogP contribution in [0.15, 0.2) is 66.9 Å². The highest BCUT2D eigenvalue weighted by molar-refractivity contribution is 6.35. The number of nitrogens with zero attached hydrogens (tertiary/aromatic N) is 2. The summed E-state index contributed by atoms with van der Waals surface area (Å²) < 4.78 is 0. The van der Waals surface area contributed by atoms with Gasteiger partial charge in [0, 0.05) is 19.6 Å². The Morgan fingerprint density at radius 1 is 1.00 bits per heavy atom. The van der Waals surface area contributed by atoms with Crippen molar-refractivity contribution in [2.45, 2.75) is 19.9 Å². The average Bonchev–Trinajstić information content (AvgIpc) is 2.93. The lowest BCUT2D eigenvalue weighted by Crippen LogP contribution is -2.37. The van der Waals surface area contributed by atoms with Crippen molar-refractivity contribution in [3.63, 3.8) is 0 Å². The van der Waals surface area contributed by atoms with Crippen LogP contribution in [-0.4, -0.2) is 34.7 Å². The second-order valence-electron chi connectivity index (χ2n) is 7.04. The fourth-order valence-corrected chi connectivity index (χ4v) is 3.82. The Labute approximate surface area is 159 Å². The van der Waals surface area contributed by atoms with Crippen molar-refractivity contribution in [1.82, 2.24) is 9.80 Å². The molecule has 2 aromatic rings. The third-order valence-electron chi connectivity index (χ3n) is 5.24. The molecule has 0 aromatic heterocycles. The molecule has 0 N–H and O–H groups in total. The highest BCUT2D eigenvalue weighted by Crippen LogP contribution is 2.34. The smallest absolute Gasteiger partial charge is 0.278 e. The maximum Gasteiger partial charge on any atom is 0.278 e. The summed E-state index contributed by atoms with van der Waals surface area (Å²) in [5.74, 6) is -0.465. The van der Waals surface area contributed by atoms with Crippen molar-refractivity contribution in [2.75, 3.05) is 13.1 Å². The van der Waals surface area contributed by atoms with E-state index in [0.717, 1.165) is 24.1 Å². The molecule has 0 saturated carbocycles. The summed E-state index contributed by atoms with van der Waals surface area (Å²) in [6.45, 7) is 7.29. The Balaban J connectivity index is 1.80. The lowest BCUT2D eigenvalue weighted by Gasteiger charge is -2.31. The first-order valence-electron chi connectivity index (χ1n) is 9.20. The zero-order chi connectivity index (χ0) is 19.0. The molecule has 2 aromatic carbocycles. The summed E-state index contributed by atoms with van der Waals surface area (Å²) in [6, 6.07) is 16.1. The predicted octanol–water partition coefficient (Wildman–Crippen LogP) is 3.32. The monoisotopic (exact) mass is 358 g/mol. The highest BCUT2D eigenvalue weighted by Gasteiger charge is 2.41. The molecule has 4 nitrogen and oxygen atoms in total. The summed E-state index contributed by atoms with van der Waals surface area (Å²) in [4.78, 5) is 29.5. The van der Waals surface area contributed by atoms with Crippen molar-refractivity contribution in [2.24, 2.45) is 0 Å². The van der Waals surface area contributed by atoms with Crippen LogP contribution in [0.2, 0.25) is 0 Å². The van der Waals surface area contributed by atoms with Crippen LogP contribution in [-0.2, 0) is 22.6 Å². The summed E-state index contributed by atoms with van der Waals surface area (Å²) in [5.41, 5.74) is 5.45. The van der Waals surface area contributed by atoms with Crippen LogP contribution in [0.1, 0.15) is 22.3 Å². The van der Waals surface area contributed by atoms with Gasteiger partial charge in [-0.05, 0) is 30.0 Å². The minimum atomic E-state index is -0.238. The molecule has 0 bridgehead atoms. The van der Waals surface area contributed by atoms with Crippen molar-refractivity contribution in [1.29, 1.82) is 0 Å². The molecule has 0 saturated heterocycles. The van der Waals surface area contributed by atoms with E-state index in [-0.39, 0.29) is 18.4 Å². The fraction of sp³-hybridized carbons (Fsp3) is 0.217. The molecule has 4 rings (SSSR count). The van der Waals surface area contributed by atoms with E-state index in [0.29, 0.717) is 17.8 Å². The van der Waals surface area contributed by atoms with Gasteiger partial charge in [-0.2, -0.15) is 0 Å². The normalized spacial score (nSPS) is 16.8. The number of amides is 2. The number of hydrogen-bond acceptors (Lipinski definition) is 3. The molecular formula is C23H22N2O2. The van der Waals surface area contributed by atoms with Gasteiger partial charge in [0.15, 0.2) is 0 Å². The quantitative estimate of drug-likeness (QED) is 0.622.